The van der Waals surface area contributed by atoms with Crippen molar-refractivity contribution < 1.29 is 20.3 Å². The first-order chi connectivity index (χ1) is 3.79. The van der Waals surface area contributed by atoms with E-state index in [1.54, 1.807) is 0 Å². The van der Waals surface area contributed by atoms with Crippen LogP contribution in [0.1, 0.15) is 6.99 Å². The van der Waals surface area contributed by atoms with Gasteiger partial charge in [0.25, 0.3) is 0 Å². The van der Waals surface area contributed by atoms with E-state index in [2.05, 4.69) is 0 Å². The minimum atomic E-state index is 0. The number of anilines is 1. The van der Waals surface area contributed by atoms with E-state index in [9.17, 15) is 0 Å². The van der Waals surface area contributed by atoms with Crippen molar-refractivity contribution in [1.82, 2.24) is 0 Å². The second-order valence-electron chi connectivity index (χ2n) is 1.91. The van der Waals surface area contributed by atoms with Crippen molar-refractivity contribution in [2.45, 2.75) is 6.92 Å². The van der Waals surface area contributed by atoms with Gasteiger partial charge >= 0.3 is 18.9 Å². The van der Waals surface area contributed by atoms with E-state index in [1.807, 2.05) is 31.2 Å². The van der Waals surface area contributed by atoms with Gasteiger partial charge in [-0.25, -0.2) is 0 Å². The maximum absolute atomic E-state index is 5.43. The Labute approximate surface area is 68.9 Å². The number of hydrogen-bond acceptors (Lipinski definition) is 1. The summed E-state index contributed by atoms with van der Waals surface area (Å²) < 4.78 is 0. The van der Waals surface area contributed by atoms with Gasteiger partial charge in [-0.3, -0.25) is 0 Å². The van der Waals surface area contributed by atoms with Crippen LogP contribution in [0.2, 0.25) is 0 Å². The zero-order valence-corrected chi connectivity index (χ0v) is 5.89. The molecule has 2 heteroatoms. The number of aryl methyl sites for hydroxylation is 1. The standard InChI is InChI=1S/C7H9N.Li.H/c1-6-2-4-7(8)5-3-6;;/h2-5H,8H2,1H3;;/q;+1;-1. The molecule has 0 heterocycles. The van der Waals surface area contributed by atoms with Gasteiger partial charge in [0, 0.05) is 5.69 Å². The van der Waals surface area contributed by atoms with Crippen LogP contribution in [0.5, 0.6) is 0 Å². The molecule has 0 spiro atoms. The molecule has 0 aromatic heterocycles. The van der Waals surface area contributed by atoms with E-state index in [-0.39, 0.29) is 20.3 Å². The van der Waals surface area contributed by atoms with Crippen LogP contribution in [0, 0.1) is 6.92 Å². The molecule has 0 amide bonds. The Morgan fingerprint density at radius 2 is 1.67 bits per heavy atom. The van der Waals surface area contributed by atoms with Gasteiger partial charge in [0.15, 0.2) is 0 Å². The summed E-state index contributed by atoms with van der Waals surface area (Å²) in [6.45, 7) is 2.04. The van der Waals surface area contributed by atoms with Gasteiger partial charge in [0.1, 0.15) is 0 Å². The number of nitrogens with two attached hydrogens (primary N) is 1. The van der Waals surface area contributed by atoms with Crippen molar-refractivity contribution in [2.75, 3.05) is 5.73 Å². The average molecular weight is 115 g/mol. The SMILES string of the molecule is Cc1ccc(N)cc1.[H-].[Li+]. The third-order valence-corrected chi connectivity index (χ3v) is 1.08. The Bertz CT molecular complexity index is 152. The van der Waals surface area contributed by atoms with Gasteiger partial charge in [-0.1, -0.05) is 17.7 Å². The van der Waals surface area contributed by atoms with Crippen LogP contribution in [-0.4, -0.2) is 0 Å². The van der Waals surface area contributed by atoms with Crippen LogP contribution in [0.25, 0.3) is 0 Å². The topological polar surface area (TPSA) is 26.0 Å². The van der Waals surface area contributed by atoms with Gasteiger partial charge in [-0.2, -0.15) is 0 Å². The molecule has 0 bridgehead atoms. The molecule has 44 valence electrons. The molecule has 0 atom stereocenters. The summed E-state index contributed by atoms with van der Waals surface area (Å²) in [6, 6.07) is 7.79. The Morgan fingerprint density at radius 3 is 2.00 bits per heavy atom. The number of benzene rings is 1. The van der Waals surface area contributed by atoms with Gasteiger partial charge in [0.05, 0.1) is 0 Å². The van der Waals surface area contributed by atoms with Gasteiger partial charge in [-0.15, -0.1) is 0 Å². The maximum Gasteiger partial charge on any atom is 1.00 e. The van der Waals surface area contributed by atoms with Crippen LogP contribution < -0.4 is 24.6 Å². The monoisotopic (exact) mass is 115 g/mol. The van der Waals surface area contributed by atoms with Crippen molar-refractivity contribution in [3.63, 3.8) is 0 Å². The molecule has 1 aromatic carbocycles. The normalized spacial score (nSPS) is 8.11. The molecular weight excluding hydrogens is 105 g/mol. The quantitative estimate of drug-likeness (QED) is 0.330. The average Bonchev–Trinajstić information content (AvgIpc) is 1.77. The molecular formula is C7H10LiN. The molecule has 1 nitrogen and oxygen atoms in total. The zero-order valence-electron chi connectivity index (χ0n) is 6.89. The van der Waals surface area contributed by atoms with E-state index in [4.69, 9.17) is 5.73 Å². The van der Waals surface area contributed by atoms with Crippen molar-refractivity contribution >= 4 is 5.69 Å². The van der Waals surface area contributed by atoms with Crippen LogP contribution in [0.4, 0.5) is 5.69 Å². The molecule has 0 saturated carbocycles. The van der Waals surface area contributed by atoms with Crippen LogP contribution >= 0.6 is 0 Å². The van der Waals surface area contributed by atoms with E-state index in [1.165, 1.54) is 5.56 Å². The van der Waals surface area contributed by atoms with E-state index >= 15 is 0 Å². The fourth-order valence-corrected chi connectivity index (χ4v) is 0.566. The molecule has 0 aliphatic heterocycles. The Morgan fingerprint density at radius 1 is 1.22 bits per heavy atom. The van der Waals surface area contributed by atoms with Crippen LogP contribution in [0.3, 0.4) is 0 Å². The Balaban J connectivity index is 0. The summed E-state index contributed by atoms with van der Waals surface area (Å²) in [6.07, 6.45) is 0. The van der Waals surface area contributed by atoms with Crippen LogP contribution in [-0.2, 0) is 0 Å². The smallest absolute Gasteiger partial charge is 1.00 e. The summed E-state index contributed by atoms with van der Waals surface area (Å²) in [7, 11) is 0. The van der Waals surface area contributed by atoms with Crippen molar-refractivity contribution in [2.24, 2.45) is 0 Å². The van der Waals surface area contributed by atoms with Crippen molar-refractivity contribution in [3.05, 3.63) is 29.8 Å². The molecule has 0 fully saturated rings. The van der Waals surface area contributed by atoms with E-state index < -0.39 is 0 Å². The molecule has 0 aliphatic carbocycles. The Kier molecular flexibility index (Phi) is 3.45. The first kappa shape index (κ1) is 8.62. The van der Waals surface area contributed by atoms with Crippen LogP contribution in [0.15, 0.2) is 24.3 Å². The summed E-state index contributed by atoms with van der Waals surface area (Å²) in [5.74, 6) is 0. The molecule has 0 aliphatic rings. The molecule has 0 radical (unpaired) electrons. The first-order valence-electron chi connectivity index (χ1n) is 2.61. The zero-order chi connectivity index (χ0) is 5.98. The van der Waals surface area contributed by atoms with Gasteiger partial charge < -0.3 is 7.16 Å². The predicted molar refractivity (Wildman–Crippen MR) is 36.7 cm³/mol. The van der Waals surface area contributed by atoms with Gasteiger partial charge in [0.2, 0.25) is 0 Å². The molecule has 0 saturated heterocycles. The second-order valence-corrected chi connectivity index (χ2v) is 1.91. The van der Waals surface area contributed by atoms with E-state index in [0.717, 1.165) is 5.69 Å². The molecule has 2 N–H and O–H groups in total. The summed E-state index contributed by atoms with van der Waals surface area (Å²) >= 11 is 0. The first-order valence-corrected chi connectivity index (χ1v) is 2.61. The third kappa shape index (κ3) is 2.60. The van der Waals surface area contributed by atoms with Crippen molar-refractivity contribution in [1.29, 1.82) is 0 Å². The minimum Gasteiger partial charge on any atom is -1.00 e. The van der Waals surface area contributed by atoms with Gasteiger partial charge in [-0.05, 0) is 19.1 Å². The largest absolute Gasteiger partial charge is 1.00 e. The second kappa shape index (κ2) is 3.61. The third-order valence-electron chi connectivity index (χ3n) is 1.08. The Hall–Kier alpha value is -0.383. The molecule has 1 rings (SSSR count). The molecule has 1 aromatic rings. The number of hydrogen-bond donors (Lipinski definition) is 1. The maximum atomic E-state index is 5.43. The number of rotatable bonds is 0. The number of nitrogen functional groups attached to an aromatic ring is 1. The predicted octanol–water partition coefficient (Wildman–Crippen LogP) is -1.31. The fraction of sp³-hybridized carbons (Fsp3) is 0.143. The van der Waals surface area contributed by atoms with Crippen molar-refractivity contribution in [3.8, 4) is 0 Å². The fourth-order valence-electron chi connectivity index (χ4n) is 0.566. The van der Waals surface area contributed by atoms with E-state index in [0.29, 0.717) is 0 Å². The summed E-state index contributed by atoms with van der Waals surface area (Å²) in [5, 5.41) is 0. The minimum absolute atomic E-state index is 0. The molecule has 0 unspecified atom stereocenters. The summed E-state index contributed by atoms with van der Waals surface area (Å²) in [5.41, 5.74) is 7.51. The summed E-state index contributed by atoms with van der Waals surface area (Å²) in [4.78, 5) is 0. The molecule has 9 heavy (non-hydrogen) atoms.